The molecule has 0 saturated carbocycles. The summed E-state index contributed by atoms with van der Waals surface area (Å²) in [6.07, 6.45) is -16.3. The second-order valence-corrected chi connectivity index (χ2v) is 7.08. The van der Waals surface area contributed by atoms with Gasteiger partial charge in [-0.15, -0.1) is 0 Å². The van der Waals surface area contributed by atoms with Crippen LogP contribution in [0.3, 0.4) is 0 Å². The standard InChI is InChI=1S/C16H7BrF9N3O4/c1-27(6-2-8(14(18,19)20)12(17)9(3-6)15(21,22)23)13-10(16(24,25)26)4-7(28(30)31)5-11(13)29(32)33/h2-5H,1H3. The van der Waals surface area contributed by atoms with Crippen LogP contribution in [0.25, 0.3) is 0 Å². The SMILES string of the molecule is CN(c1cc(C(F)(F)F)c(Br)c(C(F)(F)F)c1)c1c([N+](=O)[O-])cc([N+](=O)[O-])cc1C(F)(F)F. The second kappa shape index (κ2) is 8.35. The molecule has 0 atom stereocenters. The first-order chi connectivity index (χ1) is 14.8. The summed E-state index contributed by atoms with van der Waals surface area (Å²) in [6, 6.07) is 0.0809. The van der Waals surface area contributed by atoms with Gasteiger partial charge in [0.25, 0.3) is 11.4 Å². The minimum absolute atomic E-state index is 0.0462. The smallest absolute Gasteiger partial charge is 0.338 e. The van der Waals surface area contributed by atoms with Crippen molar-refractivity contribution in [2.75, 3.05) is 11.9 Å². The van der Waals surface area contributed by atoms with E-state index in [9.17, 15) is 59.7 Å². The lowest BCUT2D eigenvalue weighted by Gasteiger charge is -2.26. The van der Waals surface area contributed by atoms with Crippen LogP contribution in [0.1, 0.15) is 16.7 Å². The molecule has 0 N–H and O–H groups in total. The third kappa shape index (κ3) is 5.28. The van der Waals surface area contributed by atoms with Gasteiger partial charge in [-0.05, 0) is 28.1 Å². The molecule has 0 spiro atoms. The van der Waals surface area contributed by atoms with Crippen LogP contribution in [0.15, 0.2) is 28.7 Å². The minimum Gasteiger partial charge on any atom is -0.338 e. The summed E-state index contributed by atoms with van der Waals surface area (Å²) in [6.45, 7) is 0. The van der Waals surface area contributed by atoms with Gasteiger partial charge in [0.1, 0.15) is 5.69 Å². The zero-order chi connectivity index (χ0) is 25.7. The number of benzene rings is 2. The summed E-state index contributed by atoms with van der Waals surface area (Å²) in [4.78, 5) is 19.4. The average molecular weight is 556 g/mol. The van der Waals surface area contributed by atoms with Crippen molar-refractivity contribution in [1.29, 1.82) is 0 Å². The molecule has 2 aromatic carbocycles. The fraction of sp³-hybridized carbons (Fsp3) is 0.250. The van der Waals surface area contributed by atoms with Crippen molar-refractivity contribution in [2.24, 2.45) is 0 Å². The van der Waals surface area contributed by atoms with Gasteiger partial charge in [0.15, 0.2) is 0 Å². The average Bonchev–Trinajstić information content (AvgIpc) is 2.63. The topological polar surface area (TPSA) is 89.5 Å². The van der Waals surface area contributed by atoms with E-state index in [-0.39, 0.29) is 29.2 Å². The number of rotatable bonds is 4. The largest absolute Gasteiger partial charge is 0.418 e. The summed E-state index contributed by atoms with van der Waals surface area (Å²) in [5.41, 5.74) is -11.4. The van der Waals surface area contributed by atoms with Crippen molar-refractivity contribution in [3.8, 4) is 0 Å². The number of nitro benzene ring substituents is 2. The maximum Gasteiger partial charge on any atom is 0.418 e. The minimum atomic E-state index is -5.50. The monoisotopic (exact) mass is 555 g/mol. The van der Waals surface area contributed by atoms with Crippen LogP contribution in [-0.4, -0.2) is 16.9 Å². The van der Waals surface area contributed by atoms with Gasteiger partial charge in [-0.1, -0.05) is 0 Å². The van der Waals surface area contributed by atoms with Crippen molar-refractivity contribution in [2.45, 2.75) is 18.5 Å². The molecule has 33 heavy (non-hydrogen) atoms. The van der Waals surface area contributed by atoms with Gasteiger partial charge in [0.2, 0.25) is 0 Å². The molecule has 17 heteroatoms. The highest BCUT2D eigenvalue weighted by molar-refractivity contribution is 9.10. The van der Waals surface area contributed by atoms with Gasteiger partial charge < -0.3 is 4.90 Å². The Hall–Kier alpha value is -3.11. The lowest BCUT2D eigenvalue weighted by molar-refractivity contribution is -0.394. The van der Waals surface area contributed by atoms with Crippen molar-refractivity contribution in [3.05, 3.63) is 65.7 Å². The number of non-ortho nitro benzene ring substituents is 1. The first kappa shape index (κ1) is 26.1. The van der Waals surface area contributed by atoms with E-state index in [2.05, 4.69) is 15.9 Å². The van der Waals surface area contributed by atoms with Gasteiger partial charge in [0.05, 0.1) is 32.6 Å². The molecule has 0 aromatic heterocycles. The highest BCUT2D eigenvalue weighted by Crippen LogP contribution is 2.49. The van der Waals surface area contributed by atoms with Crippen LogP contribution < -0.4 is 4.90 Å². The van der Waals surface area contributed by atoms with Crippen molar-refractivity contribution >= 4 is 38.7 Å². The van der Waals surface area contributed by atoms with E-state index >= 15 is 0 Å². The Kier molecular flexibility index (Phi) is 6.61. The van der Waals surface area contributed by atoms with Crippen LogP contribution in [-0.2, 0) is 18.5 Å². The highest BCUT2D eigenvalue weighted by atomic mass is 79.9. The lowest BCUT2D eigenvalue weighted by Crippen LogP contribution is -2.21. The molecule has 0 heterocycles. The summed E-state index contributed by atoms with van der Waals surface area (Å²) in [5.74, 6) is 0. The predicted octanol–water partition coefficient (Wildman–Crippen LogP) is 7.09. The van der Waals surface area contributed by atoms with E-state index < -0.39 is 72.3 Å². The number of halogens is 10. The van der Waals surface area contributed by atoms with E-state index in [1.54, 1.807) is 0 Å². The number of nitrogens with zero attached hydrogens (tertiary/aromatic N) is 3. The fourth-order valence-electron chi connectivity index (χ4n) is 2.76. The Labute approximate surface area is 184 Å². The fourth-order valence-corrected chi connectivity index (χ4v) is 3.44. The number of alkyl halides is 9. The van der Waals surface area contributed by atoms with Gasteiger partial charge in [0, 0.05) is 23.3 Å². The Morgan fingerprint density at radius 3 is 1.52 bits per heavy atom. The molecule has 7 nitrogen and oxygen atoms in total. The molecular weight excluding hydrogens is 549 g/mol. The van der Waals surface area contributed by atoms with E-state index in [0.717, 1.165) is 0 Å². The van der Waals surface area contributed by atoms with Crippen LogP contribution >= 0.6 is 15.9 Å². The quantitative estimate of drug-likeness (QED) is 0.228. The zero-order valence-corrected chi connectivity index (χ0v) is 17.1. The van der Waals surface area contributed by atoms with Gasteiger partial charge >= 0.3 is 18.5 Å². The van der Waals surface area contributed by atoms with Gasteiger partial charge in [-0.25, -0.2) is 0 Å². The number of nitro groups is 2. The van der Waals surface area contributed by atoms with Gasteiger partial charge in [-0.2, -0.15) is 39.5 Å². The first-order valence-electron chi connectivity index (χ1n) is 8.02. The highest BCUT2D eigenvalue weighted by Gasteiger charge is 2.44. The maximum atomic E-state index is 13.6. The van der Waals surface area contributed by atoms with Crippen LogP contribution in [0.2, 0.25) is 0 Å². The van der Waals surface area contributed by atoms with E-state index in [1.165, 1.54) is 0 Å². The molecule has 0 amide bonds. The van der Waals surface area contributed by atoms with Crippen LogP contribution in [0, 0.1) is 20.2 Å². The molecule has 0 radical (unpaired) electrons. The van der Waals surface area contributed by atoms with E-state index in [0.29, 0.717) is 7.05 Å². The van der Waals surface area contributed by atoms with Gasteiger partial charge in [-0.3, -0.25) is 20.2 Å². The van der Waals surface area contributed by atoms with Crippen LogP contribution in [0.4, 0.5) is 62.3 Å². The summed E-state index contributed by atoms with van der Waals surface area (Å²) < 4.78 is 119. The molecule has 0 aliphatic carbocycles. The molecule has 0 fully saturated rings. The van der Waals surface area contributed by atoms with Crippen molar-refractivity contribution in [3.63, 3.8) is 0 Å². The predicted molar refractivity (Wildman–Crippen MR) is 97.0 cm³/mol. The summed E-state index contributed by atoms with van der Waals surface area (Å²) in [7, 11) is 0.549. The summed E-state index contributed by atoms with van der Waals surface area (Å²) in [5, 5.41) is 22.2. The first-order valence-corrected chi connectivity index (χ1v) is 8.81. The van der Waals surface area contributed by atoms with Crippen molar-refractivity contribution in [1.82, 2.24) is 0 Å². The third-order valence-electron chi connectivity index (χ3n) is 4.18. The molecule has 180 valence electrons. The Bertz CT molecular complexity index is 1090. The zero-order valence-electron chi connectivity index (χ0n) is 15.6. The normalized spacial score (nSPS) is 12.6. The number of hydrogen-bond donors (Lipinski definition) is 0. The van der Waals surface area contributed by atoms with Crippen molar-refractivity contribution < 1.29 is 49.4 Å². The molecule has 2 aromatic rings. The molecule has 0 bridgehead atoms. The third-order valence-corrected chi connectivity index (χ3v) is 5.03. The molecule has 0 aliphatic rings. The second-order valence-electron chi connectivity index (χ2n) is 6.28. The van der Waals surface area contributed by atoms with E-state index in [4.69, 9.17) is 0 Å². The lowest BCUT2D eigenvalue weighted by atomic mass is 10.0. The molecule has 0 unspecified atom stereocenters. The Balaban J connectivity index is 2.98. The van der Waals surface area contributed by atoms with E-state index in [1.807, 2.05) is 0 Å². The molecule has 0 saturated heterocycles. The molecular formula is C16H7BrF9N3O4. The Morgan fingerprint density at radius 1 is 0.758 bits per heavy atom. The summed E-state index contributed by atoms with van der Waals surface area (Å²) >= 11 is 2.18. The number of hydrogen-bond acceptors (Lipinski definition) is 5. The maximum absolute atomic E-state index is 13.6. The molecule has 0 aliphatic heterocycles. The number of anilines is 2. The Morgan fingerprint density at radius 2 is 1.18 bits per heavy atom. The molecule has 2 rings (SSSR count). The van der Waals surface area contributed by atoms with Crippen LogP contribution in [0.5, 0.6) is 0 Å².